The van der Waals surface area contributed by atoms with Crippen LogP contribution in [0.2, 0.25) is 10.0 Å². The van der Waals surface area contributed by atoms with E-state index in [1.807, 2.05) is 6.92 Å². The summed E-state index contributed by atoms with van der Waals surface area (Å²) in [4.78, 5) is 29.2. The number of rotatable bonds is 3. The first-order valence-corrected chi connectivity index (χ1v) is 8.77. The molecule has 136 valence electrons. The molecule has 0 radical (unpaired) electrons. The Balaban J connectivity index is 1.69. The molecule has 2 heterocycles. The van der Waals surface area contributed by atoms with Crippen LogP contribution in [-0.2, 0) is 11.3 Å². The molecule has 4 rings (SSSR count). The van der Waals surface area contributed by atoms with Crippen molar-refractivity contribution in [3.05, 3.63) is 68.8 Å². The van der Waals surface area contributed by atoms with E-state index in [9.17, 15) is 9.59 Å². The summed E-state index contributed by atoms with van der Waals surface area (Å²) in [5, 5.41) is 8.68. The van der Waals surface area contributed by atoms with Crippen molar-refractivity contribution in [1.82, 2.24) is 19.2 Å². The highest BCUT2D eigenvalue weighted by Crippen LogP contribution is 2.21. The molecule has 0 spiro atoms. The zero-order valence-corrected chi connectivity index (χ0v) is 15.6. The second-order valence-electron chi connectivity index (χ2n) is 6.05. The van der Waals surface area contributed by atoms with E-state index in [2.05, 4.69) is 15.4 Å². The molecule has 0 bridgehead atoms. The fourth-order valence-electron chi connectivity index (χ4n) is 2.79. The van der Waals surface area contributed by atoms with Gasteiger partial charge in [0.25, 0.3) is 0 Å². The second kappa shape index (κ2) is 6.68. The number of aromatic nitrogens is 4. The normalized spacial score (nSPS) is 11.2. The quantitative estimate of drug-likeness (QED) is 0.570. The minimum atomic E-state index is -0.461. The van der Waals surface area contributed by atoms with E-state index < -0.39 is 5.69 Å². The number of nitrogens with one attached hydrogen (secondary N) is 1. The number of hydrogen-bond donors (Lipinski definition) is 1. The Labute approximate surface area is 163 Å². The zero-order chi connectivity index (χ0) is 19.1. The SMILES string of the molecule is Cc1ccc(Cl)cc1NC(=O)Cn1nc2c3cc(Cl)ccc3ncn2c1=O. The van der Waals surface area contributed by atoms with Crippen LogP contribution in [0.3, 0.4) is 0 Å². The Morgan fingerprint density at radius 1 is 1.15 bits per heavy atom. The lowest BCUT2D eigenvalue weighted by atomic mass is 10.2. The van der Waals surface area contributed by atoms with Gasteiger partial charge in [-0.15, -0.1) is 5.10 Å². The molecular formula is C18H13Cl2N5O2. The Kier molecular flexibility index (Phi) is 4.33. The highest BCUT2D eigenvalue weighted by molar-refractivity contribution is 6.31. The summed E-state index contributed by atoms with van der Waals surface area (Å²) >= 11 is 12.0. The van der Waals surface area contributed by atoms with E-state index >= 15 is 0 Å². The van der Waals surface area contributed by atoms with Crippen LogP contribution < -0.4 is 11.0 Å². The van der Waals surface area contributed by atoms with Gasteiger partial charge >= 0.3 is 5.69 Å². The number of amides is 1. The summed E-state index contributed by atoms with van der Waals surface area (Å²) in [5.74, 6) is -0.388. The molecule has 0 atom stereocenters. The minimum Gasteiger partial charge on any atom is -0.324 e. The lowest BCUT2D eigenvalue weighted by molar-refractivity contribution is -0.117. The number of fused-ring (bicyclic) bond motifs is 3. The van der Waals surface area contributed by atoms with E-state index in [-0.39, 0.29) is 12.5 Å². The van der Waals surface area contributed by atoms with Crippen LogP contribution in [0.5, 0.6) is 0 Å². The maximum Gasteiger partial charge on any atom is 0.352 e. The third-order valence-corrected chi connectivity index (χ3v) is 4.62. The van der Waals surface area contributed by atoms with Crippen molar-refractivity contribution in [2.45, 2.75) is 13.5 Å². The molecule has 0 aliphatic heterocycles. The standard InChI is InChI=1S/C18H13Cl2N5O2/c1-10-2-3-12(20)7-15(10)22-16(26)8-25-18(27)24-9-21-14-5-4-11(19)6-13(14)17(24)23-25/h2-7,9H,8H2,1H3,(H,22,26). The lowest BCUT2D eigenvalue weighted by Gasteiger charge is -2.08. The first-order chi connectivity index (χ1) is 12.9. The average Bonchev–Trinajstić information content (AvgIpc) is 2.94. The van der Waals surface area contributed by atoms with Gasteiger partial charge in [0.2, 0.25) is 5.91 Å². The van der Waals surface area contributed by atoms with Crippen LogP contribution in [0.15, 0.2) is 47.5 Å². The molecule has 0 aliphatic rings. The summed E-state index contributed by atoms with van der Waals surface area (Å²) in [6.07, 6.45) is 1.39. The number of aryl methyl sites for hydroxylation is 1. The van der Waals surface area contributed by atoms with Crippen molar-refractivity contribution in [2.24, 2.45) is 0 Å². The molecule has 4 aromatic rings. The van der Waals surface area contributed by atoms with Crippen LogP contribution in [0, 0.1) is 6.92 Å². The number of halogens is 2. The molecular weight excluding hydrogens is 389 g/mol. The number of nitrogens with zero attached hydrogens (tertiary/aromatic N) is 4. The van der Waals surface area contributed by atoms with Gasteiger partial charge in [-0.2, -0.15) is 0 Å². The molecule has 9 heteroatoms. The summed E-state index contributed by atoms with van der Waals surface area (Å²) < 4.78 is 2.38. The predicted molar refractivity (Wildman–Crippen MR) is 105 cm³/mol. The molecule has 0 aliphatic carbocycles. The highest BCUT2D eigenvalue weighted by atomic mass is 35.5. The van der Waals surface area contributed by atoms with E-state index in [1.54, 1.807) is 36.4 Å². The van der Waals surface area contributed by atoms with E-state index in [1.165, 1.54) is 10.7 Å². The lowest BCUT2D eigenvalue weighted by Crippen LogP contribution is -2.28. The Hall–Kier alpha value is -2.90. The summed E-state index contributed by atoms with van der Waals surface area (Å²) in [5.41, 5.74) is 2.03. The van der Waals surface area contributed by atoms with Gasteiger partial charge in [0, 0.05) is 21.1 Å². The Bertz CT molecular complexity index is 1260. The van der Waals surface area contributed by atoms with Crippen LogP contribution in [0.4, 0.5) is 5.69 Å². The van der Waals surface area contributed by atoms with Crippen LogP contribution >= 0.6 is 23.2 Å². The summed E-state index contributed by atoms with van der Waals surface area (Å²) in [6.45, 7) is 1.61. The number of hydrogen-bond acceptors (Lipinski definition) is 4. The Morgan fingerprint density at radius 2 is 1.89 bits per heavy atom. The molecule has 7 nitrogen and oxygen atoms in total. The van der Waals surface area contributed by atoms with Gasteiger partial charge in [-0.1, -0.05) is 29.3 Å². The first-order valence-electron chi connectivity index (χ1n) is 8.02. The minimum absolute atomic E-state index is 0.242. The van der Waals surface area contributed by atoms with Crippen molar-refractivity contribution >= 4 is 51.3 Å². The largest absolute Gasteiger partial charge is 0.352 e. The second-order valence-corrected chi connectivity index (χ2v) is 6.92. The highest BCUT2D eigenvalue weighted by Gasteiger charge is 2.14. The summed E-state index contributed by atoms with van der Waals surface area (Å²) in [6, 6.07) is 10.3. The molecule has 0 unspecified atom stereocenters. The summed E-state index contributed by atoms with van der Waals surface area (Å²) in [7, 11) is 0. The van der Waals surface area contributed by atoms with Crippen molar-refractivity contribution in [3.63, 3.8) is 0 Å². The van der Waals surface area contributed by atoms with Gasteiger partial charge in [0.1, 0.15) is 12.9 Å². The van der Waals surface area contributed by atoms with E-state index in [0.717, 1.165) is 10.2 Å². The third kappa shape index (κ3) is 3.27. The Morgan fingerprint density at radius 3 is 2.70 bits per heavy atom. The van der Waals surface area contributed by atoms with Gasteiger partial charge in [-0.3, -0.25) is 4.79 Å². The molecule has 0 saturated carbocycles. The molecule has 0 saturated heterocycles. The van der Waals surface area contributed by atoms with Crippen molar-refractivity contribution in [3.8, 4) is 0 Å². The molecule has 1 N–H and O–H groups in total. The van der Waals surface area contributed by atoms with Gasteiger partial charge < -0.3 is 5.32 Å². The number of carbonyl (C=O) groups is 1. The smallest absolute Gasteiger partial charge is 0.324 e. The zero-order valence-electron chi connectivity index (χ0n) is 14.1. The van der Waals surface area contributed by atoms with Crippen molar-refractivity contribution in [1.29, 1.82) is 0 Å². The topological polar surface area (TPSA) is 81.3 Å². The van der Waals surface area contributed by atoms with E-state index in [0.29, 0.717) is 32.3 Å². The molecule has 27 heavy (non-hydrogen) atoms. The molecule has 0 fully saturated rings. The van der Waals surface area contributed by atoms with Gasteiger partial charge in [-0.25, -0.2) is 18.9 Å². The fraction of sp³-hybridized carbons (Fsp3) is 0.111. The first kappa shape index (κ1) is 17.5. The number of anilines is 1. The van der Waals surface area contributed by atoms with Crippen molar-refractivity contribution < 1.29 is 4.79 Å². The van der Waals surface area contributed by atoms with Crippen LogP contribution in [-0.4, -0.2) is 25.1 Å². The number of carbonyl (C=O) groups excluding carboxylic acids is 1. The maximum absolute atomic E-state index is 12.6. The maximum atomic E-state index is 12.6. The third-order valence-electron chi connectivity index (χ3n) is 4.15. The van der Waals surface area contributed by atoms with E-state index in [4.69, 9.17) is 23.2 Å². The molecule has 2 aromatic carbocycles. The average molecular weight is 402 g/mol. The predicted octanol–water partition coefficient (Wildman–Crippen LogP) is 3.30. The van der Waals surface area contributed by atoms with Crippen LogP contribution in [0.1, 0.15) is 5.56 Å². The molecule has 1 amide bonds. The fourth-order valence-corrected chi connectivity index (χ4v) is 3.13. The molecule has 2 aromatic heterocycles. The van der Waals surface area contributed by atoms with Crippen LogP contribution in [0.25, 0.3) is 16.6 Å². The van der Waals surface area contributed by atoms with Gasteiger partial charge in [0.15, 0.2) is 5.65 Å². The number of benzene rings is 2. The monoisotopic (exact) mass is 401 g/mol. The van der Waals surface area contributed by atoms with Gasteiger partial charge in [-0.05, 0) is 42.8 Å². The van der Waals surface area contributed by atoms with Gasteiger partial charge in [0.05, 0.1) is 5.52 Å². The van der Waals surface area contributed by atoms with Crippen molar-refractivity contribution in [2.75, 3.05) is 5.32 Å².